The lowest BCUT2D eigenvalue weighted by molar-refractivity contribution is -0.695. The van der Waals surface area contributed by atoms with Crippen LogP contribution < -0.4 is 9.30 Å². The summed E-state index contributed by atoms with van der Waals surface area (Å²) in [5, 5.41) is 11.3. The molecule has 0 radical (unpaired) electrons. The van der Waals surface area contributed by atoms with Crippen LogP contribution in [0.25, 0.3) is 5.76 Å². The fourth-order valence-electron chi connectivity index (χ4n) is 4.53. The fraction of sp³-hybridized carbons (Fsp3) is 0.300. The lowest BCUT2D eigenvalue weighted by atomic mass is 9.85. The number of aliphatic hydroxyl groups is 1. The number of likely N-dealkylation sites (tertiary alicyclic amines) is 1. The van der Waals surface area contributed by atoms with Gasteiger partial charge in [0.15, 0.2) is 0 Å². The second kappa shape index (κ2) is 10.9. The molecule has 4 rings (SSSR count). The molecule has 7 heteroatoms. The van der Waals surface area contributed by atoms with Crippen LogP contribution in [0.2, 0.25) is 0 Å². The van der Waals surface area contributed by atoms with E-state index in [1.165, 1.54) is 0 Å². The molecule has 1 aromatic heterocycles. The summed E-state index contributed by atoms with van der Waals surface area (Å²) in [4.78, 5) is 31.1. The summed E-state index contributed by atoms with van der Waals surface area (Å²) < 4.78 is 7.51. The molecule has 2 aromatic carbocycles. The van der Waals surface area contributed by atoms with Crippen LogP contribution in [0.3, 0.4) is 0 Å². The van der Waals surface area contributed by atoms with Gasteiger partial charge >= 0.3 is 0 Å². The SMILES string of the molecule is C=CCOc1ccc(C(O)=C2C(=O)C(=O)N(CCC[n+]3cc[nH]c3)C2c2ccc(C(C)(C)C)cc2)cc1. The molecule has 7 nitrogen and oxygen atoms in total. The highest BCUT2D eigenvalue weighted by Crippen LogP contribution is 2.40. The summed E-state index contributed by atoms with van der Waals surface area (Å²) in [5.74, 6) is -0.852. The Kier molecular flexibility index (Phi) is 7.62. The summed E-state index contributed by atoms with van der Waals surface area (Å²) in [6.07, 6.45) is 7.89. The third-order valence-electron chi connectivity index (χ3n) is 6.55. The van der Waals surface area contributed by atoms with E-state index >= 15 is 0 Å². The van der Waals surface area contributed by atoms with Crippen LogP contribution in [-0.4, -0.2) is 39.8 Å². The number of carbonyl (C=O) groups is 2. The first-order chi connectivity index (χ1) is 17.7. The summed E-state index contributed by atoms with van der Waals surface area (Å²) in [5.41, 5.74) is 2.44. The number of nitrogens with one attached hydrogen (secondary N) is 1. The Morgan fingerprint density at radius 1 is 1.14 bits per heavy atom. The van der Waals surface area contributed by atoms with Crippen molar-refractivity contribution < 1.29 is 24.0 Å². The average Bonchev–Trinajstić information content (AvgIpc) is 3.49. The van der Waals surface area contributed by atoms with Gasteiger partial charge in [0, 0.05) is 18.5 Å². The van der Waals surface area contributed by atoms with Crippen molar-refractivity contribution in [2.24, 2.45) is 0 Å². The number of Topliss-reactive ketones (excluding diaryl/α,β-unsaturated/α-hetero) is 1. The molecule has 1 amide bonds. The zero-order valence-corrected chi connectivity index (χ0v) is 21.6. The molecule has 0 spiro atoms. The predicted molar refractivity (Wildman–Crippen MR) is 142 cm³/mol. The van der Waals surface area contributed by atoms with Gasteiger partial charge in [-0.2, -0.15) is 0 Å². The molecule has 1 saturated heterocycles. The van der Waals surface area contributed by atoms with Crippen LogP contribution in [-0.2, 0) is 21.5 Å². The van der Waals surface area contributed by atoms with Crippen LogP contribution in [0.1, 0.15) is 49.9 Å². The normalized spacial score (nSPS) is 17.3. The van der Waals surface area contributed by atoms with Gasteiger partial charge in [-0.3, -0.25) is 14.6 Å². The van der Waals surface area contributed by atoms with Gasteiger partial charge in [-0.1, -0.05) is 57.7 Å². The zero-order chi connectivity index (χ0) is 26.6. The number of hydrogen-bond donors (Lipinski definition) is 2. The summed E-state index contributed by atoms with van der Waals surface area (Å²) in [6, 6.07) is 14.1. The molecular formula is C30H34N3O4+. The smallest absolute Gasteiger partial charge is 0.295 e. The molecule has 37 heavy (non-hydrogen) atoms. The molecule has 1 fully saturated rings. The Hall–Kier alpha value is -4.13. The standard InChI is InChI=1S/C30H33N3O4/c1-5-19-37-24-13-9-22(10-14-24)27(34)25-26(21-7-11-23(12-8-21)30(2,3)4)33(29(36)28(25)35)17-6-16-32-18-15-31-20-32/h5,7-15,18,20,26H,1,6,16-17,19H2,2-4H3,(H,34,35)/p+1. The number of amides is 1. The average molecular weight is 501 g/mol. The molecule has 2 heterocycles. The lowest BCUT2D eigenvalue weighted by Crippen LogP contribution is -2.36. The second-order valence-electron chi connectivity index (χ2n) is 10.2. The number of ketones is 1. The Morgan fingerprint density at radius 3 is 2.43 bits per heavy atom. The van der Waals surface area contributed by atoms with Crippen molar-refractivity contribution in [1.29, 1.82) is 0 Å². The van der Waals surface area contributed by atoms with E-state index in [0.29, 0.717) is 37.4 Å². The van der Waals surface area contributed by atoms with Crippen LogP contribution in [0.4, 0.5) is 0 Å². The highest BCUT2D eigenvalue weighted by atomic mass is 16.5. The lowest BCUT2D eigenvalue weighted by Gasteiger charge is -2.26. The first-order valence-electron chi connectivity index (χ1n) is 12.5. The van der Waals surface area contributed by atoms with Crippen LogP contribution in [0.5, 0.6) is 5.75 Å². The number of ether oxygens (including phenoxy) is 1. The van der Waals surface area contributed by atoms with Gasteiger partial charge in [0.1, 0.15) is 30.5 Å². The Balaban J connectivity index is 1.71. The number of carbonyl (C=O) groups excluding carboxylic acids is 2. The molecule has 0 saturated carbocycles. The molecule has 1 unspecified atom stereocenters. The van der Waals surface area contributed by atoms with Crippen molar-refractivity contribution in [3.8, 4) is 5.75 Å². The van der Waals surface area contributed by atoms with Gasteiger partial charge in [0.25, 0.3) is 11.7 Å². The number of aliphatic hydroxyl groups excluding tert-OH is 1. The number of benzene rings is 2. The fourth-order valence-corrected chi connectivity index (χ4v) is 4.53. The van der Waals surface area contributed by atoms with E-state index in [-0.39, 0.29) is 16.7 Å². The second-order valence-corrected chi connectivity index (χ2v) is 10.2. The maximum atomic E-state index is 13.3. The largest absolute Gasteiger partial charge is 0.507 e. The Morgan fingerprint density at radius 2 is 1.84 bits per heavy atom. The number of aryl methyl sites for hydroxylation is 1. The van der Waals surface area contributed by atoms with Gasteiger partial charge in [-0.25, -0.2) is 4.57 Å². The molecule has 1 aliphatic rings. The number of H-pyrrole nitrogens is 1. The highest BCUT2D eigenvalue weighted by molar-refractivity contribution is 6.46. The van der Waals surface area contributed by atoms with E-state index in [1.54, 1.807) is 35.2 Å². The first-order valence-corrected chi connectivity index (χ1v) is 12.5. The maximum absolute atomic E-state index is 13.3. The zero-order valence-electron chi connectivity index (χ0n) is 21.6. The summed E-state index contributed by atoms with van der Waals surface area (Å²) >= 11 is 0. The molecule has 1 atom stereocenters. The van der Waals surface area contributed by atoms with Gasteiger partial charge in [0.05, 0.1) is 18.2 Å². The molecule has 0 bridgehead atoms. The molecule has 1 aliphatic heterocycles. The van der Waals surface area contributed by atoms with Crippen LogP contribution in [0.15, 0.2) is 85.5 Å². The van der Waals surface area contributed by atoms with E-state index in [2.05, 4.69) is 32.3 Å². The molecular weight excluding hydrogens is 466 g/mol. The molecule has 3 aromatic rings. The van der Waals surface area contributed by atoms with Gasteiger partial charge in [-0.05, 0) is 40.8 Å². The van der Waals surface area contributed by atoms with Crippen LogP contribution in [0, 0.1) is 0 Å². The Bertz CT molecular complexity index is 1280. The predicted octanol–water partition coefficient (Wildman–Crippen LogP) is 4.68. The third-order valence-corrected chi connectivity index (χ3v) is 6.55. The van der Waals surface area contributed by atoms with Crippen molar-refractivity contribution in [3.05, 3.63) is 102 Å². The minimum atomic E-state index is -0.679. The number of nitrogens with zero attached hydrogens (tertiary/aromatic N) is 2. The highest BCUT2D eigenvalue weighted by Gasteiger charge is 2.45. The summed E-state index contributed by atoms with van der Waals surface area (Å²) in [7, 11) is 0. The molecule has 192 valence electrons. The van der Waals surface area contributed by atoms with E-state index in [1.807, 2.05) is 47.6 Å². The maximum Gasteiger partial charge on any atom is 0.295 e. The third kappa shape index (κ3) is 5.66. The van der Waals surface area contributed by atoms with Crippen molar-refractivity contribution >= 4 is 17.4 Å². The number of aromatic nitrogens is 2. The number of hydrogen-bond acceptors (Lipinski definition) is 4. The summed E-state index contributed by atoms with van der Waals surface area (Å²) in [6.45, 7) is 11.5. The Labute approximate surface area is 217 Å². The minimum Gasteiger partial charge on any atom is -0.507 e. The number of imidazole rings is 1. The number of aromatic amines is 1. The van der Waals surface area contributed by atoms with E-state index in [0.717, 1.165) is 11.1 Å². The number of rotatable bonds is 9. The van der Waals surface area contributed by atoms with E-state index < -0.39 is 17.7 Å². The van der Waals surface area contributed by atoms with E-state index in [4.69, 9.17) is 4.74 Å². The molecule has 0 aliphatic carbocycles. The van der Waals surface area contributed by atoms with Gasteiger partial charge in [0.2, 0.25) is 6.33 Å². The monoisotopic (exact) mass is 500 g/mol. The molecule has 2 N–H and O–H groups in total. The van der Waals surface area contributed by atoms with Crippen molar-refractivity contribution in [3.63, 3.8) is 0 Å². The first kappa shape index (κ1) is 25.9. The van der Waals surface area contributed by atoms with E-state index in [9.17, 15) is 14.7 Å². The quantitative estimate of drug-likeness (QED) is 0.147. The van der Waals surface area contributed by atoms with Gasteiger partial charge < -0.3 is 14.7 Å². The van der Waals surface area contributed by atoms with Crippen molar-refractivity contribution in [1.82, 2.24) is 9.88 Å². The van der Waals surface area contributed by atoms with Crippen LogP contribution >= 0.6 is 0 Å². The van der Waals surface area contributed by atoms with Gasteiger partial charge in [-0.15, -0.1) is 0 Å². The topological polar surface area (TPSA) is 86.5 Å². The van der Waals surface area contributed by atoms with Crippen molar-refractivity contribution in [2.75, 3.05) is 13.2 Å². The van der Waals surface area contributed by atoms with Crippen molar-refractivity contribution in [2.45, 2.75) is 45.2 Å². The minimum absolute atomic E-state index is 0.0382.